The Labute approximate surface area is 122 Å². The maximum Gasteiger partial charge on any atom is 0.326 e. The number of hydrogen-bond acceptors (Lipinski definition) is 5. The van der Waals surface area contributed by atoms with Gasteiger partial charge in [-0.2, -0.15) is 0 Å². The van der Waals surface area contributed by atoms with Gasteiger partial charge in [0.15, 0.2) is 10.4 Å². The van der Waals surface area contributed by atoms with Crippen LogP contribution in [0.15, 0.2) is 21.2 Å². The average molecular weight is 349 g/mol. The van der Waals surface area contributed by atoms with E-state index >= 15 is 0 Å². The van der Waals surface area contributed by atoms with Crippen LogP contribution in [0.5, 0.6) is 0 Å². The summed E-state index contributed by atoms with van der Waals surface area (Å²) in [5, 5.41) is 21.9. The van der Waals surface area contributed by atoms with Crippen molar-refractivity contribution in [2.75, 3.05) is 13.2 Å². The maximum absolute atomic E-state index is 11.5. The molecule has 4 N–H and O–H groups in total. The van der Waals surface area contributed by atoms with E-state index in [-0.39, 0.29) is 18.8 Å². The molecule has 0 bridgehead atoms. The Morgan fingerprint density at radius 1 is 1.35 bits per heavy atom. The van der Waals surface area contributed by atoms with Crippen molar-refractivity contribution in [1.29, 1.82) is 0 Å². The molecule has 8 nitrogen and oxygen atoms in total. The molecule has 9 heteroatoms. The first-order valence-corrected chi connectivity index (χ1v) is 6.40. The molecule has 20 heavy (non-hydrogen) atoms. The van der Waals surface area contributed by atoms with Crippen LogP contribution in [0, 0.1) is 0 Å². The fourth-order valence-corrected chi connectivity index (χ4v) is 1.62. The van der Waals surface area contributed by atoms with Gasteiger partial charge in [0.25, 0.3) is 5.91 Å². The number of nitrogens with one attached hydrogen (secondary N) is 2. The van der Waals surface area contributed by atoms with Crippen LogP contribution in [0.25, 0.3) is 0 Å². The molecule has 1 rings (SSSR count). The minimum atomic E-state index is -1.26. The summed E-state index contributed by atoms with van der Waals surface area (Å²) in [7, 11) is 0. The highest BCUT2D eigenvalue weighted by Gasteiger charge is 2.19. The summed E-state index contributed by atoms with van der Waals surface area (Å²) in [6.45, 7) is -0.767. The summed E-state index contributed by atoms with van der Waals surface area (Å²) in [6, 6.07) is 1.75. The van der Waals surface area contributed by atoms with Gasteiger partial charge < -0.3 is 25.3 Å². The zero-order chi connectivity index (χ0) is 15.1. The number of carboxylic acid groups (broad SMARTS) is 1. The van der Waals surface area contributed by atoms with Crippen molar-refractivity contribution < 1.29 is 29.0 Å². The van der Waals surface area contributed by atoms with Crippen molar-refractivity contribution >= 4 is 33.7 Å². The van der Waals surface area contributed by atoms with Crippen LogP contribution in [0.4, 0.5) is 0 Å². The number of aliphatic carboxylic acids is 1. The van der Waals surface area contributed by atoms with Gasteiger partial charge in [0, 0.05) is 13.0 Å². The number of aliphatic hydroxyl groups excluding tert-OH is 1. The Balaban J connectivity index is 2.42. The van der Waals surface area contributed by atoms with E-state index < -0.39 is 30.4 Å². The normalized spacial score (nSPS) is 11.7. The van der Waals surface area contributed by atoms with Crippen LogP contribution in [-0.4, -0.2) is 47.2 Å². The number of furan rings is 1. The van der Waals surface area contributed by atoms with Crippen molar-refractivity contribution in [3.63, 3.8) is 0 Å². The zero-order valence-corrected chi connectivity index (χ0v) is 11.8. The average Bonchev–Trinajstić information content (AvgIpc) is 2.82. The summed E-state index contributed by atoms with van der Waals surface area (Å²) in [6.07, 6.45) is -0.111. The monoisotopic (exact) mass is 348 g/mol. The van der Waals surface area contributed by atoms with Gasteiger partial charge in [-0.25, -0.2) is 4.79 Å². The van der Waals surface area contributed by atoms with E-state index in [4.69, 9.17) is 14.6 Å². The van der Waals surface area contributed by atoms with Crippen molar-refractivity contribution in [2.24, 2.45) is 0 Å². The summed E-state index contributed by atoms with van der Waals surface area (Å²) < 4.78 is 5.36. The fourth-order valence-electron chi connectivity index (χ4n) is 1.32. The lowest BCUT2D eigenvalue weighted by atomic mass is 10.2. The Bertz CT molecular complexity index is 501. The lowest BCUT2D eigenvalue weighted by Crippen LogP contribution is -2.45. The maximum atomic E-state index is 11.5. The number of aliphatic hydroxyl groups is 1. The molecule has 0 aromatic carbocycles. The minimum absolute atomic E-state index is 0.0230. The highest BCUT2D eigenvalue weighted by molar-refractivity contribution is 9.10. The fraction of sp³-hybridized carbons (Fsp3) is 0.364. The Hall–Kier alpha value is -1.87. The predicted octanol–water partition coefficient (Wildman–Crippen LogP) is -0.276. The first kappa shape index (κ1) is 16.2. The molecule has 0 saturated carbocycles. The highest BCUT2D eigenvalue weighted by Crippen LogP contribution is 2.13. The summed E-state index contributed by atoms with van der Waals surface area (Å²) >= 11 is 3.03. The zero-order valence-electron chi connectivity index (χ0n) is 10.3. The summed E-state index contributed by atoms with van der Waals surface area (Å²) in [5.74, 6) is -2.51. The first-order valence-electron chi connectivity index (χ1n) is 5.60. The minimum Gasteiger partial charge on any atom is -0.480 e. The van der Waals surface area contributed by atoms with Gasteiger partial charge >= 0.3 is 5.97 Å². The van der Waals surface area contributed by atoms with Gasteiger partial charge in [-0.15, -0.1) is 0 Å². The number of carbonyl (C=O) groups excluding carboxylic acids is 2. The van der Waals surface area contributed by atoms with Crippen molar-refractivity contribution in [1.82, 2.24) is 10.6 Å². The predicted molar refractivity (Wildman–Crippen MR) is 70.0 cm³/mol. The molecule has 2 amide bonds. The third-order valence-corrected chi connectivity index (χ3v) is 2.68. The Kier molecular flexibility index (Phi) is 6.19. The molecule has 0 fully saturated rings. The lowest BCUT2D eigenvalue weighted by molar-refractivity contribution is -0.142. The topological polar surface area (TPSA) is 129 Å². The van der Waals surface area contributed by atoms with Crippen molar-refractivity contribution in [2.45, 2.75) is 12.5 Å². The van der Waals surface area contributed by atoms with E-state index in [1.807, 2.05) is 0 Å². The quantitative estimate of drug-likeness (QED) is 0.536. The van der Waals surface area contributed by atoms with Crippen molar-refractivity contribution in [3.8, 4) is 0 Å². The van der Waals surface area contributed by atoms with Gasteiger partial charge in [-0.1, -0.05) is 0 Å². The Morgan fingerprint density at radius 2 is 2.05 bits per heavy atom. The number of carboxylic acids is 1. The van der Waals surface area contributed by atoms with Crippen LogP contribution in [0.2, 0.25) is 0 Å². The van der Waals surface area contributed by atoms with Crippen LogP contribution >= 0.6 is 15.9 Å². The van der Waals surface area contributed by atoms with Crippen molar-refractivity contribution in [3.05, 3.63) is 22.6 Å². The second kappa shape index (κ2) is 7.65. The van der Waals surface area contributed by atoms with Gasteiger partial charge in [0.2, 0.25) is 5.91 Å². The molecular weight excluding hydrogens is 336 g/mol. The largest absolute Gasteiger partial charge is 0.480 e. The molecule has 0 saturated heterocycles. The molecular formula is C11H13BrN2O6. The number of carbonyl (C=O) groups is 3. The van der Waals surface area contributed by atoms with E-state index in [0.717, 1.165) is 0 Å². The summed E-state index contributed by atoms with van der Waals surface area (Å²) in [4.78, 5) is 33.8. The molecule has 0 spiro atoms. The number of rotatable bonds is 7. The number of hydrogen-bond donors (Lipinski definition) is 4. The van der Waals surface area contributed by atoms with E-state index in [2.05, 4.69) is 26.6 Å². The van der Waals surface area contributed by atoms with E-state index in [0.29, 0.717) is 4.67 Å². The Morgan fingerprint density at radius 3 is 2.55 bits per heavy atom. The highest BCUT2D eigenvalue weighted by atomic mass is 79.9. The molecule has 0 aliphatic carbocycles. The molecule has 110 valence electrons. The van der Waals surface area contributed by atoms with Crippen LogP contribution in [0.3, 0.4) is 0 Å². The van der Waals surface area contributed by atoms with Gasteiger partial charge in [-0.05, 0) is 28.1 Å². The van der Waals surface area contributed by atoms with Gasteiger partial charge in [0.05, 0.1) is 6.54 Å². The van der Waals surface area contributed by atoms with Gasteiger partial charge in [-0.3, -0.25) is 9.59 Å². The van der Waals surface area contributed by atoms with E-state index in [1.54, 1.807) is 0 Å². The van der Waals surface area contributed by atoms with E-state index in [9.17, 15) is 14.4 Å². The number of amides is 2. The summed E-state index contributed by atoms with van der Waals surface area (Å²) in [5.41, 5.74) is 0. The molecule has 0 aliphatic heterocycles. The van der Waals surface area contributed by atoms with Crippen LogP contribution in [0.1, 0.15) is 17.0 Å². The third-order valence-electron chi connectivity index (χ3n) is 2.26. The molecule has 1 heterocycles. The molecule has 1 unspecified atom stereocenters. The SMILES string of the molecule is O=C(CNC(=O)c1ccc(Br)o1)NC(CCO)C(=O)O. The lowest BCUT2D eigenvalue weighted by Gasteiger charge is -2.13. The standard InChI is InChI=1S/C11H13BrN2O6/c12-8-2-1-7(20-8)10(17)13-5-9(16)14-6(3-4-15)11(18)19/h1-2,6,15H,3-5H2,(H,13,17)(H,14,16)(H,18,19). The molecule has 0 aliphatic rings. The smallest absolute Gasteiger partial charge is 0.326 e. The molecule has 1 atom stereocenters. The second-order valence-corrected chi connectivity index (χ2v) is 4.54. The first-order chi connectivity index (χ1) is 9.43. The molecule has 1 aromatic rings. The second-order valence-electron chi connectivity index (χ2n) is 3.76. The van der Waals surface area contributed by atoms with Crippen LogP contribution < -0.4 is 10.6 Å². The van der Waals surface area contributed by atoms with E-state index in [1.165, 1.54) is 12.1 Å². The van der Waals surface area contributed by atoms with Crippen LogP contribution in [-0.2, 0) is 9.59 Å². The third kappa shape index (κ3) is 5.02. The molecule has 1 aromatic heterocycles. The molecule has 0 radical (unpaired) electrons. The number of halogens is 1. The van der Waals surface area contributed by atoms with Gasteiger partial charge in [0.1, 0.15) is 6.04 Å².